The average Bonchev–Trinajstić information content (AvgIpc) is 3.12. The van der Waals surface area contributed by atoms with Crippen molar-refractivity contribution in [2.45, 2.75) is 26.9 Å². The summed E-state index contributed by atoms with van der Waals surface area (Å²) in [6.45, 7) is 5.20. The maximum absolute atomic E-state index is 13.2. The van der Waals surface area contributed by atoms with Crippen LogP contribution in [0.2, 0.25) is 0 Å². The smallest absolute Gasteiger partial charge is 0.325 e. The molecule has 0 bridgehead atoms. The van der Waals surface area contributed by atoms with Crippen molar-refractivity contribution < 1.29 is 18.7 Å². The number of hydrogen-bond acceptors (Lipinski definition) is 4. The van der Waals surface area contributed by atoms with Gasteiger partial charge >= 0.3 is 5.97 Å². The second-order valence-corrected chi connectivity index (χ2v) is 6.90. The molecular formula is C22H22FN3O3. The first-order chi connectivity index (χ1) is 13.8. The number of esters is 1. The Balaban J connectivity index is 1.93. The Kier molecular flexibility index (Phi) is 6.07. The number of rotatable bonds is 6. The highest BCUT2D eigenvalue weighted by atomic mass is 19.1. The molecule has 0 unspecified atom stereocenters. The third-order valence-corrected chi connectivity index (χ3v) is 4.14. The molecule has 1 N–H and O–H groups in total. The summed E-state index contributed by atoms with van der Waals surface area (Å²) in [5.41, 5.74) is 3.21. The minimum Gasteiger partial charge on any atom is -0.462 e. The van der Waals surface area contributed by atoms with Gasteiger partial charge in [0.1, 0.15) is 18.1 Å². The number of benzene rings is 2. The van der Waals surface area contributed by atoms with Crippen molar-refractivity contribution >= 4 is 11.9 Å². The van der Waals surface area contributed by atoms with Gasteiger partial charge < -0.3 is 10.1 Å². The predicted octanol–water partition coefficient (Wildman–Crippen LogP) is 3.67. The van der Waals surface area contributed by atoms with Crippen LogP contribution in [-0.4, -0.2) is 34.3 Å². The van der Waals surface area contributed by atoms with E-state index in [4.69, 9.17) is 4.74 Å². The molecule has 1 heterocycles. The zero-order valence-corrected chi connectivity index (χ0v) is 16.5. The van der Waals surface area contributed by atoms with Crippen molar-refractivity contribution in [1.29, 1.82) is 0 Å². The van der Waals surface area contributed by atoms with Gasteiger partial charge in [-0.25, -0.2) is 9.07 Å². The third-order valence-electron chi connectivity index (χ3n) is 4.14. The number of halogens is 1. The molecule has 0 atom stereocenters. The zero-order valence-electron chi connectivity index (χ0n) is 16.5. The summed E-state index contributed by atoms with van der Waals surface area (Å²) in [5.74, 6) is -1.33. The van der Waals surface area contributed by atoms with E-state index in [0.717, 1.165) is 11.1 Å². The van der Waals surface area contributed by atoms with E-state index in [-0.39, 0.29) is 18.5 Å². The fourth-order valence-corrected chi connectivity index (χ4v) is 2.74. The minimum absolute atomic E-state index is 0.244. The molecular weight excluding hydrogens is 373 g/mol. The van der Waals surface area contributed by atoms with Crippen molar-refractivity contribution in [2.75, 3.05) is 6.54 Å². The summed E-state index contributed by atoms with van der Waals surface area (Å²) in [6, 6.07) is 13.4. The molecule has 7 heteroatoms. The van der Waals surface area contributed by atoms with Crippen LogP contribution in [0, 0.1) is 12.7 Å². The van der Waals surface area contributed by atoms with Crippen LogP contribution >= 0.6 is 0 Å². The van der Waals surface area contributed by atoms with Crippen LogP contribution in [0.15, 0.2) is 54.7 Å². The quantitative estimate of drug-likeness (QED) is 0.647. The van der Waals surface area contributed by atoms with Crippen LogP contribution in [0.3, 0.4) is 0 Å². The van der Waals surface area contributed by atoms with Crippen LogP contribution in [0.5, 0.6) is 0 Å². The number of aryl methyl sites for hydroxylation is 1. The van der Waals surface area contributed by atoms with Crippen molar-refractivity contribution in [3.63, 3.8) is 0 Å². The van der Waals surface area contributed by atoms with E-state index in [9.17, 15) is 14.0 Å². The minimum atomic E-state index is -0.517. The normalized spacial score (nSPS) is 10.8. The Labute approximate surface area is 168 Å². The van der Waals surface area contributed by atoms with Gasteiger partial charge in [0.05, 0.1) is 17.4 Å². The maximum Gasteiger partial charge on any atom is 0.325 e. The Hall–Kier alpha value is -3.48. The molecule has 29 heavy (non-hydrogen) atoms. The summed E-state index contributed by atoms with van der Waals surface area (Å²) in [6.07, 6.45) is 1.30. The second kappa shape index (κ2) is 8.68. The number of aromatic nitrogens is 2. The first-order valence-electron chi connectivity index (χ1n) is 9.24. The largest absolute Gasteiger partial charge is 0.462 e. The number of nitrogens with one attached hydrogen (secondary N) is 1. The standard InChI is InChI=1S/C22H22FN3O3/c1-14(2)29-20(27)12-24-22(28)19-13-26(18-10-8-17(23)9-11-18)25-21(19)16-6-4-15(3)5-7-16/h4-11,13-14H,12H2,1-3H3,(H,24,28). The molecule has 150 valence electrons. The molecule has 0 fully saturated rings. The van der Waals surface area contributed by atoms with Crippen LogP contribution in [0.25, 0.3) is 16.9 Å². The van der Waals surface area contributed by atoms with Crippen molar-refractivity contribution in [3.05, 3.63) is 71.7 Å². The highest BCUT2D eigenvalue weighted by molar-refractivity contribution is 6.01. The van der Waals surface area contributed by atoms with Gasteiger partial charge in [0.15, 0.2) is 0 Å². The molecule has 0 aliphatic carbocycles. The lowest BCUT2D eigenvalue weighted by Crippen LogP contribution is -2.31. The van der Waals surface area contributed by atoms with Crippen LogP contribution in [0.1, 0.15) is 29.8 Å². The summed E-state index contributed by atoms with van der Waals surface area (Å²) < 4.78 is 19.8. The predicted molar refractivity (Wildman–Crippen MR) is 107 cm³/mol. The molecule has 2 aromatic carbocycles. The van der Waals surface area contributed by atoms with Gasteiger partial charge in [-0.05, 0) is 45.0 Å². The van der Waals surface area contributed by atoms with Crippen molar-refractivity contribution in [2.24, 2.45) is 0 Å². The lowest BCUT2D eigenvalue weighted by molar-refractivity contribution is -0.146. The summed E-state index contributed by atoms with van der Waals surface area (Å²) >= 11 is 0. The number of hydrogen-bond donors (Lipinski definition) is 1. The molecule has 6 nitrogen and oxygen atoms in total. The van der Waals surface area contributed by atoms with E-state index in [1.807, 2.05) is 31.2 Å². The van der Waals surface area contributed by atoms with Crippen LogP contribution in [-0.2, 0) is 9.53 Å². The Morgan fingerprint density at radius 1 is 1.10 bits per heavy atom. The topological polar surface area (TPSA) is 73.2 Å². The van der Waals surface area contributed by atoms with Gasteiger partial charge in [-0.2, -0.15) is 5.10 Å². The fourth-order valence-electron chi connectivity index (χ4n) is 2.74. The van der Waals surface area contributed by atoms with Crippen molar-refractivity contribution in [3.8, 4) is 16.9 Å². The molecule has 0 radical (unpaired) electrons. The first kappa shape index (κ1) is 20.3. The molecule has 0 spiro atoms. The zero-order chi connectivity index (χ0) is 21.0. The average molecular weight is 395 g/mol. The van der Waals surface area contributed by atoms with Crippen LogP contribution < -0.4 is 5.32 Å². The summed E-state index contributed by atoms with van der Waals surface area (Å²) in [5, 5.41) is 7.10. The Morgan fingerprint density at radius 3 is 2.38 bits per heavy atom. The van der Waals surface area contributed by atoms with Gasteiger partial charge in [0, 0.05) is 11.8 Å². The third kappa shape index (κ3) is 5.07. The Bertz CT molecular complexity index is 1010. The monoisotopic (exact) mass is 395 g/mol. The second-order valence-electron chi connectivity index (χ2n) is 6.90. The van der Waals surface area contributed by atoms with E-state index in [1.54, 1.807) is 32.2 Å². The van der Waals surface area contributed by atoms with Crippen molar-refractivity contribution in [1.82, 2.24) is 15.1 Å². The molecule has 0 saturated carbocycles. The summed E-state index contributed by atoms with van der Waals surface area (Å²) in [4.78, 5) is 24.5. The SMILES string of the molecule is Cc1ccc(-c2nn(-c3ccc(F)cc3)cc2C(=O)NCC(=O)OC(C)C)cc1. The van der Waals surface area contributed by atoms with Gasteiger partial charge in [-0.1, -0.05) is 29.8 Å². The van der Waals surface area contributed by atoms with E-state index < -0.39 is 11.9 Å². The number of carbonyl (C=O) groups is 2. The number of amides is 1. The van der Waals surface area contributed by atoms with Gasteiger partial charge in [0.2, 0.25) is 0 Å². The first-order valence-corrected chi connectivity index (χ1v) is 9.24. The van der Waals surface area contributed by atoms with Gasteiger partial charge in [-0.3, -0.25) is 9.59 Å². The number of nitrogens with zero attached hydrogens (tertiary/aromatic N) is 2. The highest BCUT2D eigenvalue weighted by Gasteiger charge is 2.19. The van der Waals surface area contributed by atoms with E-state index >= 15 is 0 Å². The summed E-state index contributed by atoms with van der Waals surface area (Å²) in [7, 11) is 0. The van der Waals surface area contributed by atoms with E-state index in [2.05, 4.69) is 10.4 Å². The van der Waals surface area contributed by atoms with E-state index in [1.165, 1.54) is 16.8 Å². The van der Waals surface area contributed by atoms with E-state index in [0.29, 0.717) is 16.9 Å². The molecule has 0 saturated heterocycles. The molecule has 0 aliphatic rings. The molecule has 1 amide bonds. The van der Waals surface area contributed by atoms with Gasteiger partial charge in [-0.15, -0.1) is 0 Å². The van der Waals surface area contributed by atoms with Gasteiger partial charge in [0.25, 0.3) is 5.91 Å². The lowest BCUT2D eigenvalue weighted by Gasteiger charge is -2.09. The lowest BCUT2D eigenvalue weighted by atomic mass is 10.1. The Morgan fingerprint density at radius 2 is 1.76 bits per heavy atom. The molecule has 0 aliphatic heterocycles. The highest BCUT2D eigenvalue weighted by Crippen LogP contribution is 2.24. The number of ether oxygens (including phenoxy) is 1. The molecule has 3 rings (SSSR count). The van der Waals surface area contributed by atoms with Crippen LogP contribution in [0.4, 0.5) is 4.39 Å². The maximum atomic E-state index is 13.2. The number of carbonyl (C=O) groups excluding carboxylic acids is 2. The fraction of sp³-hybridized carbons (Fsp3) is 0.227. The molecule has 3 aromatic rings. The molecule has 1 aromatic heterocycles.